The van der Waals surface area contributed by atoms with Gasteiger partial charge in [0.2, 0.25) is 5.91 Å². The van der Waals surface area contributed by atoms with Crippen molar-refractivity contribution in [1.82, 2.24) is 0 Å². The van der Waals surface area contributed by atoms with E-state index in [4.69, 9.17) is 13.9 Å². The first-order chi connectivity index (χ1) is 15.4. The highest BCUT2D eigenvalue weighted by molar-refractivity contribution is 6.13. The third-order valence-corrected chi connectivity index (χ3v) is 7.07. The predicted octanol–water partition coefficient (Wildman–Crippen LogP) is 5.72. The average Bonchev–Trinajstić information content (AvgIpc) is 3.09. The fraction of sp³-hybridized carbons (Fsp3) is 0.462. The Morgan fingerprint density at radius 3 is 2.47 bits per heavy atom. The zero-order chi connectivity index (χ0) is 22.6. The molecule has 0 saturated heterocycles. The molecule has 6 nitrogen and oxygen atoms in total. The minimum atomic E-state index is -0.635. The van der Waals surface area contributed by atoms with E-state index in [9.17, 15) is 9.59 Å². The van der Waals surface area contributed by atoms with Gasteiger partial charge >= 0.3 is 5.97 Å². The highest BCUT2D eigenvalue weighted by Crippen LogP contribution is 2.40. The van der Waals surface area contributed by atoms with Gasteiger partial charge in [0.1, 0.15) is 11.2 Å². The van der Waals surface area contributed by atoms with Gasteiger partial charge in [-0.05, 0) is 80.8 Å². The second-order valence-electron chi connectivity index (χ2n) is 9.35. The Labute approximate surface area is 187 Å². The summed E-state index contributed by atoms with van der Waals surface area (Å²) in [5, 5.41) is 1.83. The van der Waals surface area contributed by atoms with E-state index < -0.39 is 12.2 Å². The number of cyclic esters (lactones) is 1. The second-order valence-corrected chi connectivity index (χ2v) is 9.35. The summed E-state index contributed by atoms with van der Waals surface area (Å²) in [5.74, 6) is 0.240. The Bertz CT molecular complexity index is 1220. The molecule has 1 fully saturated rings. The van der Waals surface area contributed by atoms with Crippen LogP contribution in [-0.2, 0) is 20.9 Å². The summed E-state index contributed by atoms with van der Waals surface area (Å²) in [6.45, 7) is 6.54. The molecule has 1 unspecified atom stereocenters. The summed E-state index contributed by atoms with van der Waals surface area (Å²) in [5.41, 5.74) is 4.51. The lowest BCUT2D eigenvalue weighted by Gasteiger charge is -2.37. The molecule has 0 radical (unpaired) electrons. The molecule has 1 aliphatic heterocycles. The predicted molar refractivity (Wildman–Crippen MR) is 123 cm³/mol. The zero-order valence-electron chi connectivity index (χ0n) is 19.1. The van der Waals surface area contributed by atoms with E-state index in [1.165, 1.54) is 0 Å². The Kier molecular flexibility index (Phi) is 5.20. The number of carbonyl (C=O) groups excluding carboxylic acids is 2. The van der Waals surface area contributed by atoms with Crippen LogP contribution >= 0.6 is 0 Å². The third kappa shape index (κ3) is 3.37. The minimum absolute atomic E-state index is 0.0361. The SMILES string of the molecule is COCc1cc2c(cc1C)oc1cc3c(cc12)N(C(=O)C1CCC(C)CC1)C(C)OC3=O. The molecule has 0 spiro atoms. The molecular formula is C26H29NO5. The molecule has 1 amide bonds. The molecule has 1 aromatic heterocycles. The normalized spacial score (nSPS) is 23.4. The molecular weight excluding hydrogens is 406 g/mol. The van der Waals surface area contributed by atoms with Crippen molar-refractivity contribution in [2.75, 3.05) is 12.0 Å². The minimum Gasteiger partial charge on any atom is -0.456 e. The van der Waals surface area contributed by atoms with Crippen LogP contribution in [0.1, 0.15) is 61.0 Å². The van der Waals surface area contributed by atoms with Gasteiger partial charge in [0.25, 0.3) is 0 Å². The lowest BCUT2D eigenvalue weighted by atomic mass is 9.82. The number of fused-ring (bicyclic) bond motifs is 4. The number of aryl methyl sites for hydroxylation is 1. The van der Waals surface area contributed by atoms with Crippen LogP contribution in [0.15, 0.2) is 28.7 Å². The number of esters is 1. The quantitative estimate of drug-likeness (QED) is 0.493. The van der Waals surface area contributed by atoms with Crippen LogP contribution in [0.5, 0.6) is 0 Å². The van der Waals surface area contributed by atoms with Crippen molar-refractivity contribution in [2.24, 2.45) is 11.8 Å². The third-order valence-electron chi connectivity index (χ3n) is 7.07. The summed E-state index contributed by atoms with van der Waals surface area (Å²) in [7, 11) is 1.68. The van der Waals surface area contributed by atoms with Gasteiger partial charge < -0.3 is 13.9 Å². The summed E-state index contributed by atoms with van der Waals surface area (Å²) in [6, 6.07) is 7.71. The van der Waals surface area contributed by atoms with Crippen molar-refractivity contribution in [3.63, 3.8) is 0 Å². The van der Waals surface area contributed by atoms with Crippen molar-refractivity contribution < 1.29 is 23.5 Å². The molecule has 0 N–H and O–H groups in total. The maximum atomic E-state index is 13.6. The lowest BCUT2D eigenvalue weighted by molar-refractivity contribution is -0.125. The molecule has 1 saturated carbocycles. The summed E-state index contributed by atoms with van der Waals surface area (Å²) in [6.07, 6.45) is 3.23. The van der Waals surface area contributed by atoms with E-state index in [1.807, 2.05) is 19.1 Å². The number of nitrogens with zero attached hydrogens (tertiary/aromatic N) is 1. The first kappa shape index (κ1) is 21.0. The number of rotatable bonds is 3. The first-order valence-corrected chi connectivity index (χ1v) is 11.4. The maximum Gasteiger partial charge on any atom is 0.342 e. The molecule has 2 aromatic carbocycles. The van der Waals surface area contributed by atoms with Crippen molar-refractivity contribution >= 4 is 39.5 Å². The second kappa shape index (κ2) is 7.93. The number of amides is 1. The van der Waals surface area contributed by atoms with Gasteiger partial charge in [-0.25, -0.2) is 4.79 Å². The topological polar surface area (TPSA) is 69.0 Å². The Balaban J connectivity index is 1.64. The van der Waals surface area contributed by atoms with Crippen LogP contribution in [0, 0.1) is 18.8 Å². The molecule has 2 heterocycles. The van der Waals surface area contributed by atoms with E-state index in [1.54, 1.807) is 25.0 Å². The molecule has 0 bridgehead atoms. The van der Waals surface area contributed by atoms with E-state index in [0.29, 0.717) is 29.4 Å². The van der Waals surface area contributed by atoms with Crippen molar-refractivity contribution in [3.05, 3.63) is 41.0 Å². The fourth-order valence-corrected chi connectivity index (χ4v) is 5.15. The Hall–Kier alpha value is -2.86. The molecule has 3 aromatic rings. The summed E-state index contributed by atoms with van der Waals surface area (Å²) in [4.78, 5) is 28.0. The van der Waals surface area contributed by atoms with Crippen molar-refractivity contribution in [3.8, 4) is 0 Å². The number of anilines is 1. The Morgan fingerprint density at radius 2 is 1.75 bits per heavy atom. The van der Waals surface area contributed by atoms with E-state index in [-0.39, 0.29) is 11.8 Å². The fourth-order valence-electron chi connectivity index (χ4n) is 5.15. The molecule has 168 valence electrons. The number of benzene rings is 2. The number of furan rings is 1. The van der Waals surface area contributed by atoms with Crippen LogP contribution < -0.4 is 4.90 Å². The number of hydrogen-bond donors (Lipinski definition) is 0. The van der Waals surface area contributed by atoms with Gasteiger partial charge in [-0.15, -0.1) is 0 Å². The van der Waals surface area contributed by atoms with Crippen LogP contribution in [-0.4, -0.2) is 25.2 Å². The van der Waals surface area contributed by atoms with Crippen LogP contribution in [0.25, 0.3) is 21.9 Å². The summed E-state index contributed by atoms with van der Waals surface area (Å²) < 4.78 is 17.0. The van der Waals surface area contributed by atoms with Crippen LogP contribution in [0.3, 0.4) is 0 Å². The van der Waals surface area contributed by atoms with Crippen molar-refractivity contribution in [2.45, 2.75) is 59.3 Å². The molecule has 6 heteroatoms. The molecule has 5 rings (SSSR count). The van der Waals surface area contributed by atoms with Gasteiger partial charge in [0.05, 0.1) is 17.9 Å². The maximum absolute atomic E-state index is 13.6. The Morgan fingerprint density at radius 1 is 1.06 bits per heavy atom. The van der Waals surface area contributed by atoms with Crippen LogP contribution in [0.2, 0.25) is 0 Å². The molecule has 1 atom stereocenters. The van der Waals surface area contributed by atoms with Gasteiger partial charge in [-0.3, -0.25) is 9.69 Å². The number of ether oxygens (including phenoxy) is 2. The monoisotopic (exact) mass is 435 g/mol. The smallest absolute Gasteiger partial charge is 0.342 e. The van der Waals surface area contributed by atoms with E-state index >= 15 is 0 Å². The van der Waals surface area contributed by atoms with E-state index in [2.05, 4.69) is 13.0 Å². The number of hydrogen-bond acceptors (Lipinski definition) is 5. The lowest BCUT2D eigenvalue weighted by Crippen LogP contribution is -2.48. The number of methoxy groups -OCH3 is 1. The molecule has 1 aliphatic carbocycles. The van der Waals surface area contributed by atoms with Crippen molar-refractivity contribution in [1.29, 1.82) is 0 Å². The highest BCUT2D eigenvalue weighted by Gasteiger charge is 2.38. The van der Waals surface area contributed by atoms with E-state index in [0.717, 1.165) is 53.2 Å². The summed E-state index contributed by atoms with van der Waals surface area (Å²) >= 11 is 0. The largest absolute Gasteiger partial charge is 0.456 e. The standard InChI is InChI=1S/C26H29NO5/c1-14-5-7-17(8-6-14)25(28)27-16(3)31-26(29)21-12-24-20(11-22(21)27)19-10-18(13-30-4)15(2)9-23(19)32-24/h9-12,14,16-17H,5-8,13H2,1-4H3. The van der Waals surface area contributed by atoms with Gasteiger partial charge in [-0.2, -0.15) is 0 Å². The van der Waals surface area contributed by atoms with Gasteiger partial charge in [0.15, 0.2) is 6.23 Å². The van der Waals surface area contributed by atoms with Crippen LogP contribution in [0.4, 0.5) is 5.69 Å². The van der Waals surface area contributed by atoms with Gasteiger partial charge in [-0.1, -0.05) is 6.92 Å². The van der Waals surface area contributed by atoms with Gasteiger partial charge in [0, 0.05) is 23.8 Å². The average molecular weight is 436 g/mol. The first-order valence-electron chi connectivity index (χ1n) is 11.4. The molecule has 32 heavy (non-hydrogen) atoms. The number of carbonyl (C=O) groups is 2. The molecule has 2 aliphatic rings. The zero-order valence-corrected chi connectivity index (χ0v) is 19.1. The highest BCUT2D eigenvalue weighted by atomic mass is 16.6.